The van der Waals surface area contributed by atoms with Crippen molar-refractivity contribution in [1.82, 2.24) is 0 Å². The average molecular weight is 164 g/mol. The maximum absolute atomic E-state index is 11.1. The topological polar surface area (TPSA) is 43.4 Å². The molecule has 0 amide bonds. The Morgan fingerprint density at radius 3 is 3.00 bits per heavy atom. The van der Waals surface area contributed by atoms with E-state index >= 15 is 0 Å². The molecule has 3 nitrogen and oxygen atoms in total. The molecule has 0 unspecified atom stereocenters. The van der Waals surface area contributed by atoms with E-state index in [4.69, 9.17) is 11.2 Å². The number of hydrogen-bond donors (Lipinski definition) is 0. The first-order valence-corrected chi connectivity index (χ1v) is 3.60. The van der Waals surface area contributed by atoms with Crippen molar-refractivity contribution in [3.05, 3.63) is 12.2 Å². The molecule has 1 aliphatic heterocycles. The van der Waals surface area contributed by atoms with Gasteiger partial charge in [-0.15, -0.1) is 6.42 Å². The van der Waals surface area contributed by atoms with Crippen LogP contribution in [0.3, 0.4) is 0 Å². The lowest BCUT2D eigenvalue weighted by atomic mass is 10.1. The number of ether oxygens (including phenoxy) is 1. The van der Waals surface area contributed by atoms with Crippen LogP contribution in [0.5, 0.6) is 0 Å². The molecule has 0 aromatic carbocycles. The van der Waals surface area contributed by atoms with Crippen molar-refractivity contribution in [2.75, 3.05) is 0 Å². The summed E-state index contributed by atoms with van der Waals surface area (Å²) in [5, 5.41) is 0. The smallest absolute Gasteiger partial charge is 0.306 e. The predicted molar refractivity (Wildman–Crippen MR) is 42.1 cm³/mol. The minimum absolute atomic E-state index is 0.237. The summed E-state index contributed by atoms with van der Waals surface area (Å²) in [7, 11) is 0. The van der Waals surface area contributed by atoms with Crippen molar-refractivity contribution in [1.29, 1.82) is 0 Å². The van der Waals surface area contributed by atoms with Gasteiger partial charge in [0.05, 0.1) is 0 Å². The fourth-order valence-electron chi connectivity index (χ4n) is 0.963. The number of ketones is 1. The van der Waals surface area contributed by atoms with Crippen LogP contribution < -0.4 is 0 Å². The quantitative estimate of drug-likeness (QED) is 0.338. The van der Waals surface area contributed by atoms with Crippen LogP contribution in [-0.2, 0) is 14.3 Å². The van der Waals surface area contributed by atoms with Gasteiger partial charge in [-0.1, -0.05) is 5.92 Å². The van der Waals surface area contributed by atoms with Gasteiger partial charge in [-0.05, 0) is 12.2 Å². The van der Waals surface area contributed by atoms with Gasteiger partial charge in [0.25, 0.3) is 0 Å². The fraction of sp³-hybridized carbons (Fsp3) is 0.333. The van der Waals surface area contributed by atoms with E-state index in [1.807, 2.05) is 0 Å². The third-order valence-electron chi connectivity index (χ3n) is 1.55. The Balaban J connectivity index is 2.50. The first kappa shape index (κ1) is 8.54. The maximum Gasteiger partial charge on any atom is 0.306 e. The molecule has 1 rings (SSSR count). The van der Waals surface area contributed by atoms with Gasteiger partial charge in [0.15, 0.2) is 11.9 Å². The van der Waals surface area contributed by atoms with Gasteiger partial charge in [0.2, 0.25) is 0 Å². The Hall–Kier alpha value is -1.56. The summed E-state index contributed by atoms with van der Waals surface area (Å²) in [4.78, 5) is 21.7. The number of carbonyl (C=O) groups excluding carboxylic acids is 2. The van der Waals surface area contributed by atoms with Crippen LogP contribution in [0.25, 0.3) is 0 Å². The first-order valence-electron chi connectivity index (χ1n) is 3.60. The van der Waals surface area contributed by atoms with Crippen molar-refractivity contribution in [2.24, 2.45) is 0 Å². The van der Waals surface area contributed by atoms with E-state index < -0.39 is 6.10 Å². The second-order valence-electron chi connectivity index (χ2n) is 2.42. The van der Waals surface area contributed by atoms with E-state index in [0.29, 0.717) is 12.8 Å². The molecule has 1 fully saturated rings. The lowest BCUT2D eigenvalue weighted by Crippen LogP contribution is -2.17. The molecular weight excluding hydrogens is 156 g/mol. The number of esters is 1. The third-order valence-corrected chi connectivity index (χ3v) is 1.55. The second kappa shape index (κ2) is 3.72. The molecule has 12 heavy (non-hydrogen) atoms. The highest BCUT2D eigenvalue weighted by Crippen LogP contribution is 2.14. The zero-order chi connectivity index (χ0) is 8.97. The summed E-state index contributed by atoms with van der Waals surface area (Å²) in [5.74, 6) is 1.64. The van der Waals surface area contributed by atoms with Gasteiger partial charge in [-0.2, -0.15) is 0 Å². The summed E-state index contributed by atoms with van der Waals surface area (Å²) < 4.78 is 4.71. The minimum Gasteiger partial charge on any atom is -0.454 e. The van der Waals surface area contributed by atoms with E-state index in [0.717, 1.165) is 0 Å². The van der Waals surface area contributed by atoms with Crippen LogP contribution in [-0.4, -0.2) is 17.9 Å². The van der Waals surface area contributed by atoms with Crippen LogP contribution in [0.2, 0.25) is 0 Å². The van der Waals surface area contributed by atoms with Gasteiger partial charge < -0.3 is 4.74 Å². The molecule has 0 spiro atoms. The molecular formula is C9H8O3. The third kappa shape index (κ3) is 1.96. The lowest BCUT2D eigenvalue weighted by Gasteiger charge is -2.02. The Morgan fingerprint density at radius 1 is 1.75 bits per heavy atom. The summed E-state index contributed by atoms with van der Waals surface area (Å²) in [6, 6.07) is 0. The molecule has 1 atom stereocenters. The van der Waals surface area contributed by atoms with Gasteiger partial charge in [0, 0.05) is 12.8 Å². The summed E-state index contributed by atoms with van der Waals surface area (Å²) in [6.45, 7) is 0. The Morgan fingerprint density at radius 2 is 2.50 bits per heavy atom. The molecule has 62 valence electrons. The Labute approximate surface area is 70.4 Å². The van der Waals surface area contributed by atoms with Gasteiger partial charge in [0.1, 0.15) is 0 Å². The van der Waals surface area contributed by atoms with E-state index in [9.17, 15) is 9.59 Å². The highest BCUT2D eigenvalue weighted by atomic mass is 16.6. The molecule has 0 aromatic rings. The summed E-state index contributed by atoms with van der Waals surface area (Å²) in [6.07, 6.45) is 7.63. The maximum atomic E-state index is 11.1. The van der Waals surface area contributed by atoms with E-state index in [-0.39, 0.29) is 11.8 Å². The zero-order valence-electron chi connectivity index (χ0n) is 6.45. The van der Waals surface area contributed by atoms with Crippen molar-refractivity contribution in [3.63, 3.8) is 0 Å². The average Bonchev–Trinajstić information content (AvgIpc) is 2.47. The zero-order valence-corrected chi connectivity index (χ0v) is 6.45. The van der Waals surface area contributed by atoms with Crippen molar-refractivity contribution in [2.45, 2.75) is 18.9 Å². The van der Waals surface area contributed by atoms with Crippen LogP contribution in [0.1, 0.15) is 12.8 Å². The summed E-state index contributed by atoms with van der Waals surface area (Å²) >= 11 is 0. The van der Waals surface area contributed by atoms with Crippen molar-refractivity contribution in [3.8, 4) is 12.3 Å². The van der Waals surface area contributed by atoms with Crippen LogP contribution >= 0.6 is 0 Å². The normalized spacial score (nSPS) is 22.2. The molecule has 1 heterocycles. The molecule has 0 saturated carbocycles. The van der Waals surface area contributed by atoms with Crippen LogP contribution in [0, 0.1) is 12.3 Å². The Kier molecular flexibility index (Phi) is 2.65. The molecule has 1 aliphatic rings. The number of rotatable bonds is 2. The first-order chi connectivity index (χ1) is 5.74. The van der Waals surface area contributed by atoms with E-state index in [2.05, 4.69) is 5.92 Å². The number of terminal acetylenes is 1. The molecule has 3 heteroatoms. The molecule has 0 N–H and O–H groups in total. The fourth-order valence-corrected chi connectivity index (χ4v) is 0.963. The minimum atomic E-state index is -0.609. The number of carbonyl (C=O) groups is 2. The van der Waals surface area contributed by atoms with Gasteiger partial charge in [-0.3, -0.25) is 9.59 Å². The Bertz CT molecular complexity index is 270. The van der Waals surface area contributed by atoms with Crippen molar-refractivity contribution < 1.29 is 14.3 Å². The largest absolute Gasteiger partial charge is 0.454 e. The second-order valence-corrected chi connectivity index (χ2v) is 2.42. The van der Waals surface area contributed by atoms with Gasteiger partial charge >= 0.3 is 5.97 Å². The number of allylic oxidation sites excluding steroid dienone is 1. The SMILES string of the molecule is C#C/C=C/C(=O)[C@@H]1CCC(=O)O1. The number of hydrogen-bond acceptors (Lipinski definition) is 3. The lowest BCUT2D eigenvalue weighted by molar-refractivity contribution is -0.145. The van der Waals surface area contributed by atoms with Crippen molar-refractivity contribution >= 4 is 11.8 Å². The molecule has 0 aliphatic carbocycles. The van der Waals surface area contributed by atoms with Crippen LogP contribution in [0.15, 0.2) is 12.2 Å². The predicted octanol–water partition coefficient (Wildman–Crippen LogP) is 0.451. The molecule has 1 saturated heterocycles. The highest BCUT2D eigenvalue weighted by Gasteiger charge is 2.27. The molecule has 0 bridgehead atoms. The van der Waals surface area contributed by atoms with Crippen LogP contribution in [0.4, 0.5) is 0 Å². The summed E-state index contributed by atoms with van der Waals surface area (Å²) in [5.41, 5.74) is 0. The van der Waals surface area contributed by atoms with Gasteiger partial charge in [-0.25, -0.2) is 0 Å². The molecule has 0 aromatic heterocycles. The molecule has 0 radical (unpaired) electrons. The number of cyclic esters (lactones) is 1. The standard InChI is InChI=1S/C9H8O3/c1-2-3-4-7(10)8-5-6-9(11)12-8/h1,3-4,8H,5-6H2/b4-3+/t8-/m0/s1. The monoisotopic (exact) mass is 164 g/mol. The van der Waals surface area contributed by atoms with E-state index in [1.165, 1.54) is 12.2 Å². The van der Waals surface area contributed by atoms with E-state index in [1.54, 1.807) is 0 Å². The highest BCUT2D eigenvalue weighted by molar-refractivity contribution is 5.96.